The van der Waals surface area contributed by atoms with Gasteiger partial charge in [-0.2, -0.15) is 0 Å². The van der Waals surface area contributed by atoms with Crippen molar-refractivity contribution in [2.24, 2.45) is 29.1 Å². The number of imide groups is 1. The van der Waals surface area contributed by atoms with Crippen molar-refractivity contribution in [3.8, 4) is 0 Å². The Morgan fingerprint density at radius 1 is 1.07 bits per heavy atom. The van der Waals surface area contributed by atoms with Crippen LogP contribution in [0, 0.1) is 29.1 Å². The Bertz CT molecular complexity index is 908. The van der Waals surface area contributed by atoms with Gasteiger partial charge in [0, 0.05) is 15.1 Å². The average molecular weight is 541 g/mol. The molecule has 30 heavy (non-hydrogen) atoms. The molecule has 0 spiro atoms. The van der Waals surface area contributed by atoms with Crippen LogP contribution >= 0.6 is 31.9 Å². The lowest BCUT2D eigenvalue weighted by atomic mass is 9.81. The van der Waals surface area contributed by atoms with Crippen LogP contribution in [-0.4, -0.2) is 39.8 Å². The zero-order valence-electron chi connectivity index (χ0n) is 16.9. The number of esters is 1. The average Bonchev–Trinajstić information content (AvgIpc) is 3.30. The lowest BCUT2D eigenvalue weighted by Crippen LogP contribution is -2.37. The molecule has 1 saturated heterocycles. The molecule has 3 aliphatic rings. The molecule has 0 radical (unpaired) electrons. The summed E-state index contributed by atoms with van der Waals surface area (Å²) in [7, 11) is 0. The molecule has 6 atom stereocenters. The van der Waals surface area contributed by atoms with E-state index in [1.54, 1.807) is 39.0 Å². The van der Waals surface area contributed by atoms with Gasteiger partial charge in [0.05, 0.1) is 23.1 Å². The summed E-state index contributed by atoms with van der Waals surface area (Å²) >= 11 is 7.35. The molecule has 1 heterocycles. The van der Waals surface area contributed by atoms with Gasteiger partial charge in [0.2, 0.25) is 11.8 Å². The number of Topliss-reactive ketones (excluding diaryl/α,β-unsaturated/α-hetero) is 1. The van der Waals surface area contributed by atoms with E-state index in [0.717, 1.165) is 6.42 Å². The van der Waals surface area contributed by atoms with Crippen LogP contribution in [0.1, 0.15) is 37.6 Å². The van der Waals surface area contributed by atoms with Crippen molar-refractivity contribution >= 4 is 61.1 Å². The maximum absolute atomic E-state index is 13.2. The van der Waals surface area contributed by atoms with Gasteiger partial charge in [-0.05, 0) is 36.5 Å². The zero-order valence-corrected chi connectivity index (χ0v) is 20.1. The van der Waals surface area contributed by atoms with E-state index in [9.17, 15) is 19.2 Å². The topological polar surface area (TPSA) is 80.8 Å². The van der Waals surface area contributed by atoms with Crippen LogP contribution in [0.4, 0.5) is 5.69 Å². The second-order valence-electron chi connectivity index (χ2n) is 9.32. The number of alkyl halides is 2. The fraction of sp³-hybridized carbons (Fsp3) is 0.545. The number of nitrogens with zero attached hydrogens (tertiary/aromatic N) is 1. The molecular formula is C22H23Br2NO5. The number of ether oxygens (including phenoxy) is 1. The Morgan fingerprint density at radius 3 is 2.17 bits per heavy atom. The standard InChI is InChI=1S/C22H23Br2NO5/c1-22(2,3)14(26)9-30-21(29)10-5-4-6-11(7-10)25-19(27)15-12-8-13(16(15)20(25)28)18(24)17(12)23/h4-7,12-13,15-18H,8-9H2,1-3H3/t12-,13-,15+,16+,17-,18-/m1/s1. The number of amides is 2. The summed E-state index contributed by atoms with van der Waals surface area (Å²) in [6.45, 7) is 4.95. The van der Waals surface area contributed by atoms with E-state index in [1.807, 2.05) is 0 Å². The molecule has 0 N–H and O–H groups in total. The van der Waals surface area contributed by atoms with E-state index in [4.69, 9.17) is 4.74 Å². The second-order valence-corrected chi connectivity index (χ2v) is 11.4. The summed E-state index contributed by atoms with van der Waals surface area (Å²) in [4.78, 5) is 52.3. The quantitative estimate of drug-likeness (QED) is 0.330. The van der Waals surface area contributed by atoms with Crippen LogP contribution in [0.3, 0.4) is 0 Å². The number of anilines is 1. The first kappa shape index (κ1) is 21.7. The highest BCUT2D eigenvalue weighted by atomic mass is 79.9. The van der Waals surface area contributed by atoms with E-state index in [0.29, 0.717) is 5.69 Å². The zero-order chi connectivity index (χ0) is 22.0. The minimum absolute atomic E-state index is 0.127. The van der Waals surface area contributed by atoms with E-state index in [2.05, 4.69) is 31.9 Å². The normalized spacial score (nSPS) is 32.5. The highest BCUT2D eigenvalue weighted by Gasteiger charge is 2.66. The minimum atomic E-state index is -0.658. The molecule has 1 aliphatic heterocycles. The van der Waals surface area contributed by atoms with Crippen molar-refractivity contribution in [1.29, 1.82) is 0 Å². The molecule has 2 bridgehead atoms. The summed E-state index contributed by atoms with van der Waals surface area (Å²) in [6.07, 6.45) is 0.862. The van der Waals surface area contributed by atoms with Gasteiger partial charge in [0.1, 0.15) is 0 Å². The molecule has 8 heteroatoms. The number of hydrogen-bond acceptors (Lipinski definition) is 5. The van der Waals surface area contributed by atoms with Crippen molar-refractivity contribution < 1.29 is 23.9 Å². The molecule has 6 nitrogen and oxygen atoms in total. The molecule has 0 aromatic heterocycles. The van der Waals surface area contributed by atoms with Crippen LogP contribution in [0.2, 0.25) is 0 Å². The van der Waals surface area contributed by atoms with Crippen molar-refractivity contribution in [3.63, 3.8) is 0 Å². The maximum atomic E-state index is 13.2. The Morgan fingerprint density at radius 2 is 1.63 bits per heavy atom. The fourth-order valence-corrected chi connectivity index (χ4v) is 6.68. The van der Waals surface area contributed by atoms with E-state index < -0.39 is 11.4 Å². The Balaban J connectivity index is 1.53. The SMILES string of the molecule is CC(C)(C)C(=O)COC(=O)c1cccc(N2C(=O)[C@H]3[C@H]4C[C@@H]([C@@H](Br)[C@@H]4Br)[C@@H]3C2=O)c1. The third-order valence-corrected chi connectivity index (χ3v) is 9.70. The largest absolute Gasteiger partial charge is 0.454 e. The van der Waals surface area contributed by atoms with Crippen molar-refractivity contribution in [2.45, 2.75) is 36.8 Å². The van der Waals surface area contributed by atoms with Crippen LogP contribution < -0.4 is 4.90 Å². The summed E-state index contributed by atoms with van der Waals surface area (Å²) < 4.78 is 5.15. The minimum Gasteiger partial charge on any atom is -0.454 e. The molecule has 2 aliphatic carbocycles. The lowest BCUT2D eigenvalue weighted by molar-refractivity contribution is -0.129. The molecule has 1 aromatic rings. The molecular weight excluding hydrogens is 518 g/mol. The first-order chi connectivity index (χ1) is 14.0. The van der Waals surface area contributed by atoms with Crippen LogP contribution in [-0.2, 0) is 19.1 Å². The van der Waals surface area contributed by atoms with Crippen LogP contribution in [0.25, 0.3) is 0 Å². The van der Waals surface area contributed by atoms with E-state index in [1.165, 1.54) is 11.0 Å². The number of hydrogen-bond donors (Lipinski definition) is 0. The van der Waals surface area contributed by atoms with Gasteiger partial charge in [-0.3, -0.25) is 19.3 Å². The van der Waals surface area contributed by atoms with Gasteiger partial charge in [-0.25, -0.2) is 4.79 Å². The summed E-state index contributed by atoms with van der Waals surface area (Å²) in [5, 5.41) is 0. The highest BCUT2D eigenvalue weighted by Crippen LogP contribution is 2.60. The monoisotopic (exact) mass is 539 g/mol. The van der Waals surface area contributed by atoms with E-state index >= 15 is 0 Å². The first-order valence-corrected chi connectivity index (χ1v) is 11.8. The Kier molecular flexibility index (Phi) is 5.46. The number of ketones is 1. The molecule has 0 unspecified atom stereocenters. The maximum Gasteiger partial charge on any atom is 0.338 e. The van der Waals surface area contributed by atoms with Gasteiger partial charge in [0.15, 0.2) is 12.4 Å². The Labute approximate surface area is 192 Å². The van der Waals surface area contributed by atoms with Gasteiger partial charge < -0.3 is 4.74 Å². The lowest BCUT2D eigenvalue weighted by Gasteiger charge is -2.28. The summed E-state index contributed by atoms with van der Waals surface area (Å²) in [5.74, 6) is -1.63. The molecule has 2 amide bonds. The Hall–Kier alpha value is -1.54. The molecule has 4 rings (SSSR count). The van der Waals surface area contributed by atoms with Gasteiger partial charge in [0.25, 0.3) is 0 Å². The van der Waals surface area contributed by atoms with Gasteiger partial charge >= 0.3 is 5.97 Å². The van der Waals surface area contributed by atoms with Crippen LogP contribution in [0.5, 0.6) is 0 Å². The number of carbonyl (C=O) groups is 4. The van der Waals surface area contributed by atoms with Crippen molar-refractivity contribution in [1.82, 2.24) is 0 Å². The predicted molar refractivity (Wildman–Crippen MR) is 118 cm³/mol. The molecule has 2 saturated carbocycles. The number of halogens is 2. The number of benzene rings is 1. The third-order valence-electron chi connectivity index (χ3n) is 6.50. The predicted octanol–water partition coefficient (Wildman–Crippen LogP) is 3.74. The first-order valence-electron chi connectivity index (χ1n) is 9.99. The number of rotatable bonds is 4. The van der Waals surface area contributed by atoms with Crippen molar-refractivity contribution in [3.05, 3.63) is 29.8 Å². The fourth-order valence-electron chi connectivity index (χ4n) is 4.81. The molecule has 1 aromatic carbocycles. The summed E-state index contributed by atoms with van der Waals surface area (Å²) in [6, 6.07) is 6.29. The molecule has 160 valence electrons. The molecule has 3 fully saturated rings. The number of fused-ring (bicyclic) bond motifs is 5. The van der Waals surface area contributed by atoms with Gasteiger partial charge in [-0.1, -0.05) is 58.7 Å². The highest BCUT2D eigenvalue weighted by molar-refractivity contribution is 9.12. The second kappa shape index (κ2) is 7.55. The smallest absolute Gasteiger partial charge is 0.338 e. The number of carbonyl (C=O) groups excluding carboxylic acids is 4. The third kappa shape index (κ3) is 3.36. The van der Waals surface area contributed by atoms with E-state index in [-0.39, 0.29) is 63.1 Å². The van der Waals surface area contributed by atoms with Gasteiger partial charge in [-0.15, -0.1) is 0 Å². The summed E-state index contributed by atoms with van der Waals surface area (Å²) in [5.41, 5.74) is -0.0342. The van der Waals surface area contributed by atoms with Crippen LogP contribution in [0.15, 0.2) is 24.3 Å². The van der Waals surface area contributed by atoms with Crippen molar-refractivity contribution in [2.75, 3.05) is 11.5 Å².